The second kappa shape index (κ2) is 7.30. The van der Waals surface area contributed by atoms with Crippen LogP contribution in [0.2, 0.25) is 5.02 Å². The molecule has 5 nitrogen and oxygen atoms in total. The van der Waals surface area contributed by atoms with Gasteiger partial charge < -0.3 is 9.80 Å². The number of carbonyl (C=O) groups excluding carboxylic acids is 2. The van der Waals surface area contributed by atoms with Crippen molar-refractivity contribution in [3.05, 3.63) is 34.6 Å². The predicted octanol–water partition coefficient (Wildman–Crippen LogP) is 2.10. The first-order chi connectivity index (χ1) is 11.8. The second-order valence-corrected chi connectivity index (χ2v) is 7.60. The van der Waals surface area contributed by atoms with Gasteiger partial charge in [-0.1, -0.05) is 11.6 Å². The highest BCUT2D eigenvalue weighted by Gasteiger charge is 2.38. The molecular weight excluding hydrogens is 345 g/mol. The average molecular weight is 368 g/mol. The highest BCUT2D eigenvalue weighted by molar-refractivity contribution is 6.30. The summed E-state index contributed by atoms with van der Waals surface area (Å²) in [5, 5.41) is 0.278. The van der Waals surface area contributed by atoms with E-state index in [1.165, 1.54) is 18.2 Å². The van der Waals surface area contributed by atoms with Crippen molar-refractivity contribution >= 4 is 23.4 Å². The number of carbonyl (C=O) groups is 2. The summed E-state index contributed by atoms with van der Waals surface area (Å²) < 4.78 is 14.1. The Labute approximate surface area is 152 Å². The molecule has 0 aromatic heterocycles. The van der Waals surface area contributed by atoms with Crippen molar-refractivity contribution in [1.82, 2.24) is 14.7 Å². The molecule has 0 saturated carbocycles. The fourth-order valence-electron chi connectivity index (χ4n) is 3.71. The van der Waals surface area contributed by atoms with Gasteiger partial charge in [-0.05, 0) is 37.0 Å². The zero-order valence-electron chi connectivity index (χ0n) is 14.5. The van der Waals surface area contributed by atoms with Crippen LogP contribution < -0.4 is 0 Å². The summed E-state index contributed by atoms with van der Waals surface area (Å²) in [6.45, 7) is 2.41. The predicted molar refractivity (Wildman–Crippen MR) is 94.1 cm³/mol. The summed E-state index contributed by atoms with van der Waals surface area (Å²) >= 11 is 5.78. The van der Waals surface area contributed by atoms with Gasteiger partial charge in [0.15, 0.2) is 0 Å². The van der Waals surface area contributed by atoms with Gasteiger partial charge in [-0.3, -0.25) is 14.5 Å². The number of hydrogen-bond acceptors (Lipinski definition) is 3. The maximum absolute atomic E-state index is 14.1. The van der Waals surface area contributed by atoms with Crippen molar-refractivity contribution < 1.29 is 14.0 Å². The summed E-state index contributed by atoms with van der Waals surface area (Å²) in [4.78, 5) is 30.4. The summed E-state index contributed by atoms with van der Waals surface area (Å²) in [6.07, 6.45) is 1.92. The monoisotopic (exact) mass is 367 g/mol. The topological polar surface area (TPSA) is 43.9 Å². The first-order valence-corrected chi connectivity index (χ1v) is 8.91. The molecule has 3 fully saturated rings. The Morgan fingerprint density at radius 2 is 2.00 bits per heavy atom. The second-order valence-electron chi connectivity index (χ2n) is 7.16. The summed E-state index contributed by atoms with van der Waals surface area (Å²) in [6, 6.07) is 4.17. The Morgan fingerprint density at radius 1 is 1.24 bits per heavy atom. The lowest BCUT2D eigenvalue weighted by atomic mass is 9.94. The van der Waals surface area contributed by atoms with Crippen LogP contribution in [0.5, 0.6) is 0 Å². The molecule has 25 heavy (non-hydrogen) atoms. The van der Waals surface area contributed by atoms with Gasteiger partial charge in [-0.2, -0.15) is 0 Å². The maximum atomic E-state index is 14.1. The van der Waals surface area contributed by atoms with Crippen molar-refractivity contribution in [3.63, 3.8) is 0 Å². The molecule has 0 N–H and O–H groups in total. The molecule has 136 valence electrons. The van der Waals surface area contributed by atoms with Crippen molar-refractivity contribution in [2.45, 2.75) is 18.9 Å². The highest BCUT2D eigenvalue weighted by atomic mass is 35.5. The molecule has 4 rings (SSSR count). The molecule has 1 aromatic rings. The van der Waals surface area contributed by atoms with Gasteiger partial charge in [0.2, 0.25) is 5.91 Å². The van der Waals surface area contributed by atoms with Crippen LogP contribution in [0.4, 0.5) is 4.39 Å². The van der Waals surface area contributed by atoms with E-state index in [4.69, 9.17) is 11.6 Å². The standard InChI is InChI=1S/C18H23ClFN3O2/c1-21(2)17(24)11-22-8-12-3-5-14(10-22)23(9-12)18(25)15-6-4-13(19)7-16(15)20/h4,6-7,12,14H,3,5,8-11H2,1-2H3/t12-,14+/m0/s1. The summed E-state index contributed by atoms with van der Waals surface area (Å²) in [5.41, 5.74) is 0.0628. The van der Waals surface area contributed by atoms with E-state index in [2.05, 4.69) is 4.90 Å². The third-order valence-electron chi connectivity index (χ3n) is 5.07. The Hall–Kier alpha value is -1.66. The first kappa shape index (κ1) is 18.1. The van der Waals surface area contributed by atoms with Gasteiger partial charge in [-0.25, -0.2) is 4.39 Å². The molecule has 0 radical (unpaired) electrons. The molecule has 7 heteroatoms. The molecule has 1 aromatic carbocycles. The molecule has 3 aliphatic heterocycles. The fraction of sp³-hybridized carbons (Fsp3) is 0.556. The first-order valence-electron chi connectivity index (χ1n) is 8.53. The van der Waals surface area contributed by atoms with Crippen molar-refractivity contribution in [1.29, 1.82) is 0 Å². The number of piperidine rings is 1. The molecule has 2 atom stereocenters. The van der Waals surface area contributed by atoms with E-state index in [9.17, 15) is 14.0 Å². The van der Waals surface area contributed by atoms with Crippen LogP contribution in [0.3, 0.4) is 0 Å². The summed E-state index contributed by atoms with van der Waals surface area (Å²) in [7, 11) is 3.49. The normalized spacial score (nSPS) is 23.4. The Morgan fingerprint density at radius 3 is 2.68 bits per heavy atom. The van der Waals surface area contributed by atoms with Crippen LogP contribution in [0.15, 0.2) is 18.2 Å². The third-order valence-corrected chi connectivity index (χ3v) is 5.30. The molecule has 3 aliphatic rings. The highest BCUT2D eigenvalue weighted by Crippen LogP contribution is 2.30. The Bertz CT molecular complexity index is 682. The minimum Gasteiger partial charge on any atom is -0.348 e. The van der Waals surface area contributed by atoms with Gasteiger partial charge in [0.1, 0.15) is 5.82 Å². The van der Waals surface area contributed by atoms with E-state index in [-0.39, 0.29) is 28.4 Å². The quantitative estimate of drug-likeness (QED) is 0.821. The van der Waals surface area contributed by atoms with Crippen molar-refractivity contribution in [3.8, 4) is 0 Å². The molecule has 2 amide bonds. The van der Waals surface area contributed by atoms with Crippen LogP contribution in [0, 0.1) is 11.7 Å². The lowest BCUT2D eigenvalue weighted by Crippen LogP contribution is -2.48. The van der Waals surface area contributed by atoms with E-state index < -0.39 is 5.82 Å². The number of amides is 2. The van der Waals surface area contributed by atoms with Crippen LogP contribution >= 0.6 is 11.6 Å². The van der Waals surface area contributed by atoms with Gasteiger partial charge in [0.05, 0.1) is 12.1 Å². The van der Waals surface area contributed by atoms with Crippen LogP contribution in [-0.4, -0.2) is 72.8 Å². The number of fused-ring (bicyclic) bond motifs is 4. The zero-order valence-corrected chi connectivity index (χ0v) is 15.3. The zero-order chi connectivity index (χ0) is 18.1. The molecule has 0 spiro atoms. The van der Waals surface area contributed by atoms with E-state index >= 15 is 0 Å². The number of benzene rings is 1. The van der Waals surface area contributed by atoms with Gasteiger partial charge in [0, 0.05) is 44.8 Å². The SMILES string of the molecule is CN(C)C(=O)CN1C[C@@H]2CC[C@H](C1)N(C(=O)c1ccc(Cl)cc1F)C2. The molecule has 3 heterocycles. The molecular formula is C18H23ClFN3O2. The summed E-state index contributed by atoms with van der Waals surface area (Å²) in [5.74, 6) is -0.502. The molecule has 3 saturated heterocycles. The van der Waals surface area contributed by atoms with Crippen LogP contribution in [0.1, 0.15) is 23.2 Å². The maximum Gasteiger partial charge on any atom is 0.257 e. The van der Waals surface area contributed by atoms with E-state index in [0.717, 1.165) is 19.4 Å². The van der Waals surface area contributed by atoms with Crippen molar-refractivity contribution in [2.75, 3.05) is 40.3 Å². The Kier molecular flexibility index (Phi) is 5.29. The van der Waals surface area contributed by atoms with E-state index in [0.29, 0.717) is 25.6 Å². The van der Waals surface area contributed by atoms with Gasteiger partial charge >= 0.3 is 0 Å². The fourth-order valence-corrected chi connectivity index (χ4v) is 3.87. The minimum atomic E-state index is -0.586. The largest absolute Gasteiger partial charge is 0.348 e. The van der Waals surface area contributed by atoms with Crippen LogP contribution in [0.25, 0.3) is 0 Å². The minimum absolute atomic E-state index is 0.0105. The third kappa shape index (κ3) is 3.96. The number of hydrogen-bond donors (Lipinski definition) is 0. The number of rotatable bonds is 3. The van der Waals surface area contributed by atoms with Crippen molar-refractivity contribution in [2.24, 2.45) is 5.92 Å². The van der Waals surface area contributed by atoms with E-state index in [1.54, 1.807) is 23.9 Å². The van der Waals surface area contributed by atoms with Crippen LogP contribution in [-0.2, 0) is 4.79 Å². The smallest absolute Gasteiger partial charge is 0.257 e. The lowest BCUT2D eigenvalue weighted by Gasteiger charge is -2.36. The van der Waals surface area contributed by atoms with E-state index in [1.807, 2.05) is 0 Å². The molecule has 0 aliphatic carbocycles. The molecule has 2 bridgehead atoms. The number of likely N-dealkylation sites (N-methyl/N-ethyl adjacent to an activating group) is 1. The number of nitrogens with zero attached hydrogens (tertiary/aromatic N) is 3. The molecule has 0 unspecified atom stereocenters. The lowest BCUT2D eigenvalue weighted by molar-refractivity contribution is -0.129. The number of halogens is 2. The Balaban J connectivity index is 1.76. The van der Waals surface area contributed by atoms with Gasteiger partial charge in [-0.15, -0.1) is 0 Å². The average Bonchev–Trinajstić information content (AvgIpc) is 2.84. The van der Waals surface area contributed by atoms with Gasteiger partial charge in [0.25, 0.3) is 5.91 Å².